The fraction of sp³-hybridized carbons (Fsp3) is 0.909. The Balaban J connectivity index is 2.47. The van der Waals surface area contributed by atoms with Gasteiger partial charge in [-0.05, 0) is 25.3 Å². The Bertz CT molecular complexity index is 204. The second-order valence-corrected chi connectivity index (χ2v) is 4.19. The van der Waals surface area contributed by atoms with Crippen LogP contribution in [0.3, 0.4) is 0 Å². The first-order valence-electron chi connectivity index (χ1n) is 5.64. The molecule has 0 aromatic heterocycles. The fourth-order valence-electron chi connectivity index (χ4n) is 1.97. The molecule has 0 saturated heterocycles. The van der Waals surface area contributed by atoms with Crippen LogP contribution in [-0.4, -0.2) is 48.8 Å². The van der Waals surface area contributed by atoms with Gasteiger partial charge in [0.05, 0.1) is 6.61 Å². The maximum absolute atomic E-state index is 11.1. The van der Waals surface area contributed by atoms with Crippen LogP contribution in [0.1, 0.15) is 26.2 Å². The quantitative estimate of drug-likeness (QED) is 0.693. The van der Waals surface area contributed by atoms with Gasteiger partial charge in [-0.25, -0.2) is 0 Å². The summed E-state index contributed by atoms with van der Waals surface area (Å²) < 4.78 is 4.96. The van der Waals surface area contributed by atoms with Gasteiger partial charge >= 0.3 is 5.97 Å². The van der Waals surface area contributed by atoms with E-state index >= 15 is 0 Å². The van der Waals surface area contributed by atoms with E-state index in [1.807, 2.05) is 11.8 Å². The van der Waals surface area contributed by atoms with Gasteiger partial charge in [0.1, 0.15) is 6.04 Å². The van der Waals surface area contributed by atoms with Crippen LogP contribution >= 0.6 is 0 Å². The van der Waals surface area contributed by atoms with Gasteiger partial charge in [-0.15, -0.1) is 0 Å². The van der Waals surface area contributed by atoms with Crippen molar-refractivity contribution in [1.29, 1.82) is 0 Å². The van der Waals surface area contributed by atoms with E-state index in [0.717, 1.165) is 13.1 Å². The van der Waals surface area contributed by atoms with E-state index < -0.39 is 12.0 Å². The summed E-state index contributed by atoms with van der Waals surface area (Å²) in [7, 11) is 1.55. The Morgan fingerprint density at radius 2 is 2.27 bits per heavy atom. The number of carboxylic acid groups (broad SMARTS) is 1. The molecule has 0 spiro atoms. The summed E-state index contributed by atoms with van der Waals surface area (Å²) in [4.78, 5) is 13.1. The molecule has 4 heteroatoms. The lowest BCUT2D eigenvalue weighted by Gasteiger charge is -2.34. The second kappa shape index (κ2) is 6.08. The van der Waals surface area contributed by atoms with Crippen molar-refractivity contribution in [2.45, 2.75) is 32.2 Å². The predicted molar refractivity (Wildman–Crippen MR) is 57.9 cm³/mol. The van der Waals surface area contributed by atoms with Gasteiger partial charge in [0, 0.05) is 13.7 Å². The Kier molecular flexibility index (Phi) is 5.05. The molecule has 0 aromatic carbocycles. The first-order chi connectivity index (χ1) is 7.19. The van der Waals surface area contributed by atoms with Gasteiger partial charge in [-0.1, -0.05) is 13.3 Å². The highest BCUT2D eigenvalue weighted by Gasteiger charge is 2.28. The number of hydrogen-bond acceptors (Lipinski definition) is 3. The number of carboxylic acids is 1. The minimum Gasteiger partial charge on any atom is -0.480 e. The molecule has 1 aliphatic rings. The molecular formula is C11H21NO3. The summed E-state index contributed by atoms with van der Waals surface area (Å²) in [5.41, 5.74) is 0. The molecule has 0 bridgehead atoms. The van der Waals surface area contributed by atoms with E-state index in [9.17, 15) is 4.79 Å². The highest BCUT2D eigenvalue weighted by atomic mass is 16.5. The van der Waals surface area contributed by atoms with E-state index in [1.54, 1.807) is 7.11 Å². The Morgan fingerprint density at radius 3 is 2.60 bits per heavy atom. The molecule has 1 saturated carbocycles. The van der Waals surface area contributed by atoms with Crippen LogP contribution in [0.2, 0.25) is 0 Å². The van der Waals surface area contributed by atoms with Crippen molar-refractivity contribution in [3.05, 3.63) is 0 Å². The SMILES string of the molecule is CCN(CC1CCC1)C(COC)C(=O)O. The number of nitrogens with zero attached hydrogens (tertiary/aromatic N) is 1. The summed E-state index contributed by atoms with van der Waals surface area (Å²) in [6, 6.07) is -0.486. The van der Waals surface area contributed by atoms with Gasteiger partial charge in [-0.2, -0.15) is 0 Å². The normalized spacial score (nSPS) is 18.9. The zero-order chi connectivity index (χ0) is 11.3. The molecular weight excluding hydrogens is 194 g/mol. The molecule has 4 nitrogen and oxygen atoms in total. The number of carbonyl (C=O) groups is 1. The molecule has 1 rings (SSSR count). The number of aliphatic carboxylic acids is 1. The minimum absolute atomic E-state index is 0.274. The van der Waals surface area contributed by atoms with Crippen molar-refractivity contribution in [2.24, 2.45) is 5.92 Å². The van der Waals surface area contributed by atoms with Gasteiger partial charge in [-0.3, -0.25) is 9.69 Å². The van der Waals surface area contributed by atoms with E-state index in [2.05, 4.69) is 0 Å². The Morgan fingerprint density at radius 1 is 1.60 bits per heavy atom. The molecule has 1 N–H and O–H groups in total. The van der Waals surface area contributed by atoms with Crippen LogP contribution < -0.4 is 0 Å². The summed E-state index contributed by atoms with van der Waals surface area (Å²) in [5, 5.41) is 9.09. The zero-order valence-corrected chi connectivity index (χ0v) is 9.61. The number of ether oxygens (including phenoxy) is 1. The third-order valence-corrected chi connectivity index (χ3v) is 3.17. The Hall–Kier alpha value is -0.610. The molecule has 0 amide bonds. The molecule has 1 aliphatic carbocycles. The lowest BCUT2D eigenvalue weighted by molar-refractivity contribution is -0.145. The van der Waals surface area contributed by atoms with Crippen LogP contribution in [0.15, 0.2) is 0 Å². The zero-order valence-electron chi connectivity index (χ0n) is 9.61. The molecule has 0 aromatic rings. The topological polar surface area (TPSA) is 49.8 Å². The maximum atomic E-state index is 11.1. The molecule has 88 valence electrons. The van der Waals surface area contributed by atoms with Gasteiger partial charge < -0.3 is 9.84 Å². The molecule has 1 atom stereocenters. The molecule has 1 unspecified atom stereocenters. The average molecular weight is 215 g/mol. The minimum atomic E-state index is -0.780. The van der Waals surface area contributed by atoms with Crippen LogP contribution in [0.25, 0.3) is 0 Å². The van der Waals surface area contributed by atoms with E-state index in [-0.39, 0.29) is 6.61 Å². The van der Waals surface area contributed by atoms with Crippen LogP contribution in [-0.2, 0) is 9.53 Å². The van der Waals surface area contributed by atoms with Crippen molar-refractivity contribution in [2.75, 3.05) is 26.8 Å². The fourth-order valence-corrected chi connectivity index (χ4v) is 1.97. The molecule has 0 radical (unpaired) electrons. The van der Waals surface area contributed by atoms with Crippen molar-refractivity contribution < 1.29 is 14.6 Å². The summed E-state index contributed by atoms with van der Waals surface area (Å²) >= 11 is 0. The highest BCUT2D eigenvalue weighted by molar-refractivity contribution is 5.73. The van der Waals surface area contributed by atoms with Crippen molar-refractivity contribution >= 4 is 5.97 Å². The van der Waals surface area contributed by atoms with E-state index in [4.69, 9.17) is 9.84 Å². The monoisotopic (exact) mass is 215 g/mol. The summed E-state index contributed by atoms with van der Waals surface area (Å²) in [6.07, 6.45) is 3.79. The number of rotatable bonds is 7. The largest absolute Gasteiger partial charge is 0.480 e. The third-order valence-electron chi connectivity index (χ3n) is 3.17. The summed E-state index contributed by atoms with van der Waals surface area (Å²) in [5.74, 6) is -0.0818. The first-order valence-corrected chi connectivity index (χ1v) is 5.64. The Labute approximate surface area is 91.2 Å². The average Bonchev–Trinajstić information content (AvgIpc) is 2.14. The van der Waals surface area contributed by atoms with E-state index in [1.165, 1.54) is 19.3 Å². The molecule has 1 fully saturated rings. The third kappa shape index (κ3) is 3.47. The first kappa shape index (κ1) is 12.5. The van der Waals surface area contributed by atoms with E-state index in [0.29, 0.717) is 5.92 Å². The number of likely N-dealkylation sites (N-methyl/N-ethyl adjacent to an activating group) is 1. The van der Waals surface area contributed by atoms with Crippen LogP contribution in [0.4, 0.5) is 0 Å². The lowest BCUT2D eigenvalue weighted by atomic mass is 9.85. The standard InChI is InChI=1S/C11H21NO3/c1-3-12(7-9-5-4-6-9)10(8-15-2)11(13)14/h9-10H,3-8H2,1-2H3,(H,13,14). The number of hydrogen-bond donors (Lipinski definition) is 1. The number of methoxy groups -OCH3 is 1. The smallest absolute Gasteiger partial charge is 0.323 e. The van der Waals surface area contributed by atoms with Gasteiger partial charge in [0.2, 0.25) is 0 Å². The molecule has 15 heavy (non-hydrogen) atoms. The molecule has 0 aliphatic heterocycles. The van der Waals surface area contributed by atoms with Gasteiger partial charge in [0.25, 0.3) is 0 Å². The van der Waals surface area contributed by atoms with Crippen molar-refractivity contribution in [3.63, 3.8) is 0 Å². The highest BCUT2D eigenvalue weighted by Crippen LogP contribution is 2.27. The predicted octanol–water partition coefficient (Wildman–Crippen LogP) is 1.21. The van der Waals surface area contributed by atoms with Crippen molar-refractivity contribution in [1.82, 2.24) is 4.90 Å². The lowest BCUT2D eigenvalue weighted by Crippen LogP contribution is -2.47. The van der Waals surface area contributed by atoms with Gasteiger partial charge in [0.15, 0.2) is 0 Å². The van der Waals surface area contributed by atoms with Crippen LogP contribution in [0, 0.1) is 5.92 Å². The summed E-state index contributed by atoms with van der Waals surface area (Å²) in [6.45, 7) is 3.95. The molecule has 0 heterocycles. The van der Waals surface area contributed by atoms with Crippen molar-refractivity contribution in [3.8, 4) is 0 Å². The second-order valence-electron chi connectivity index (χ2n) is 4.19. The van der Waals surface area contributed by atoms with Crippen LogP contribution in [0.5, 0.6) is 0 Å². The maximum Gasteiger partial charge on any atom is 0.323 e.